The summed E-state index contributed by atoms with van der Waals surface area (Å²) in [7, 11) is -2.99. The van der Waals surface area contributed by atoms with Crippen LogP contribution in [0.1, 0.15) is 13.3 Å². The maximum atomic E-state index is 11.7. The summed E-state index contributed by atoms with van der Waals surface area (Å²) in [6, 6.07) is 0. The van der Waals surface area contributed by atoms with Crippen LogP contribution in [0.2, 0.25) is 0 Å². The second-order valence-electron chi connectivity index (χ2n) is 5.14. The first-order chi connectivity index (χ1) is 11.8. The summed E-state index contributed by atoms with van der Waals surface area (Å²) < 4.78 is 46.8. The minimum atomic E-state index is -4.46. The molecule has 0 aromatic carbocycles. The Morgan fingerprint density at radius 2 is 1.52 bits per heavy atom. The second kappa shape index (κ2) is 14.1. The first-order valence-corrected chi connectivity index (χ1v) is 9.40. The average Bonchev–Trinajstić information content (AvgIpc) is 2.52. The molecule has 0 radical (unpaired) electrons. The molecule has 1 unspecified atom stereocenters. The van der Waals surface area contributed by atoms with Crippen LogP contribution in [0.4, 0.5) is 0 Å². The van der Waals surface area contributed by atoms with E-state index in [1.165, 1.54) is 14.0 Å². The molecule has 0 aromatic rings. The topological polar surface area (TPSA) is 140 Å². The van der Waals surface area contributed by atoms with Crippen molar-refractivity contribution in [3.8, 4) is 0 Å². The van der Waals surface area contributed by atoms with Crippen molar-refractivity contribution in [1.29, 1.82) is 0 Å². The first-order valence-electron chi connectivity index (χ1n) is 7.90. The van der Waals surface area contributed by atoms with Gasteiger partial charge < -0.3 is 24.8 Å². The van der Waals surface area contributed by atoms with E-state index in [9.17, 15) is 18.0 Å². The number of Topliss-reactive ketones (excluding diaryl/α,β-unsaturated/α-hetero) is 1. The van der Waals surface area contributed by atoms with Gasteiger partial charge in [-0.15, -0.1) is 0 Å². The molecular formula is C14H28N2O8S. The molecule has 0 bridgehead atoms. The smallest absolute Gasteiger partial charge is 0.278 e. The van der Waals surface area contributed by atoms with Gasteiger partial charge in [0.1, 0.15) is 5.78 Å². The van der Waals surface area contributed by atoms with E-state index >= 15 is 0 Å². The van der Waals surface area contributed by atoms with Gasteiger partial charge in [-0.3, -0.25) is 14.1 Å². The number of ketones is 1. The van der Waals surface area contributed by atoms with Gasteiger partial charge in [0, 0.05) is 19.5 Å². The van der Waals surface area contributed by atoms with Gasteiger partial charge in [0.25, 0.3) is 10.1 Å². The number of carbonyl (C=O) groups excluding carboxylic acids is 2. The van der Waals surface area contributed by atoms with Crippen LogP contribution in [-0.2, 0) is 33.9 Å². The molecule has 148 valence electrons. The third-order valence-corrected chi connectivity index (χ3v) is 4.03. The normalized spacial score (nSPS) is 12.8. The molecule has 0 saturated heterocycles. The highest BCUT2D eigenvalue weighted by Crippen LogP contribution is 1.97. The lowest BCUT2D eigenvalue weighted by atomic mass is 10.3. The van der Waals surface area contributed by atoms with Crippen LogP contribution >= 0.6 is 0 Å². The Labute approximate surface area is 148 Å². The molecule has 11 heteroatoms. The number of hydrogen-bond acceptors (Lipinski definition) is 8. The Morgan fingerprint density at radius 1 is 1.00 bits per heavy atom. The second-order valence-corrected chi connectivity index (χ2v) is 6.74. The first kappa shape index (κ1) is 23.9. The standard InChI is InChI=1S/C14H28N2O8S/c1-12(17)3-5-22-7-9-24-10-8-23-6-4-16-14(18)13(11-15-2)25(19,20)21/h13,15H,3-11H2,1-2H3,(H,16,18)(H,19,20,21). The minimum Gasteiger partial charge on any atom is -0.379 e. The predicted molar refractivity (Wildman–Crippen MR) is 90.0 cm³/mol. The maximum Gasteiger partial charge on any atom is 0.278 e. The van der Waals surface area contributed by atoms with Gasteiger partial charge in [-0.05, 0) is 14.0 Å². The molecule has 0 saturated carbocycles. The number of rotatable bonds is 16. The fraction of sp³-hybridized carbons (Fsp3) is 0.857. The molecule has 0 rings (SSSR count). The summed E-state index contributed by atoms with van der Waals surface area (Å²) in [5, 5.41) is 3.35. The Morgan fingerprint density at radius 3 is 2.00 bits per heavy atom. The summed E-state index contributed by atoms with van der Waals surface area (Å²) in [5.41, 5.74) is 0. The third kappa shape index (κ3) is 13.8. The SMILES string of the molecule is CNCC(C(=O)NCCOCCOCCOCCC(C)=O)S(=O)(=O)O. The van der Waals surface area contributed by atoms with Crippen molar-refractivity contribution in [1.82, 2.24) is 10.6 Å². The number of ether oxygens (including phenoxy) is 3. The molecule has 1 amide bonds. The van der Waals surface area contributed by atoms with Crippen LogP contribution in [-0.4, -0.2) is 89.7 Å². The molecule has 25 heavy (non-hydrogen) atoms. The van der Waals surface area contributed by atoms with Crippen LogP contribution in [0.15, 0.2) is 0 Å². The Balaban J connectivity index is 3.57. The molecule has 3 N–H and O–H groups in total. The molecule has 0 aliphatic rings. The van der Waals surface area contributed by atoms with E-state index in [1.807, 2.05) is 0 Å². The summed E-state index contributed by atoms with van der Waals surface area (Å²) >= 11 is 0. The summed E-state index contributed by atoms with van der Waals surface area (Å²) in [5.74, 6) is -0.713. The monoisotopic (exact) mass is 384 g/mol. The van der Waals surface area contributed by atoms with Crippen molar-refractivity contribution in [2.45, 2.75) is 18.6 Å². The van der Waals surface area contributed by atoms with E-state index < -0.39 is 21.3 Å². The molecule has 0 fully saturated rings. The van der Waals surface area contributed by atoms with Gasteiger partial charge in [0.2, 0.25) is 5.91 Å². The highest BCUT2D eigenvalue weighted by Gasteiger charge is 2.29. The largest absolute Gasteiger partial charge is 0.379 e. The van der Waals surface area contributed by atoms with Crippen molar-refractivity contribution < 1.29 is 36.8 Å². The Hall–Kier alpha value is -1.11. The number of carbonyl (C=O) groups is 2. The fourth-order valence-electron chi connectivity index (χ4n) is 1.64. The van der Waals surface area contributed by atoms with Gasteiger partial charge in [0.15, 0.2) is 5.25 Å². The van der Waals surface area contributed by atoms with Gasteiger partial charge in [0.05, 0.1) is 39.6 Å². The van der Waals surface area contributed by atoms with Crippen LogP contribution < -0.4 is 10.6 Å². The zero-order valence-corrected chi connectivity index (χ0v) is 15.5. The number of amides is 1. The molecule has 10 nitrogen and oxygen atoms in total. The molecule has 0 spiro atoms. The quantitative estimate of drug-likeness (QED) is 0.217. The molecule has 1 atom stereocenters. The summed E-state index contributed by atoms with van der Waals surface area (Å²) in [6.45, 7) is 3.43. The van der Waals surface area contributed by atoms with Crippen molar-refractivity contribution in [2.75, 3.05) is 59.8 Å². The Bertz CT molecular complexity index is 483. The van der Waals surface area contributed by atoms with Gasteiger partial charge >= 0.3 is 0 Å². The van der Waals surface area contributed by atoms with Crippen LogP contribution in [0, 0.1) is 0 Å². The predicted octanol–water partition coefficient (Wildman–Crippen LogP) is -1.39. The third-order valence-electron chi connectivity index (χ3n) is 2.93. The van der Waals surface area contributed by atoms with Crippen LogP contribution in [0.3, 0.4) is 0 Å². The lowest BCUT2D eigenvalue weighted by molar-refractivity contribution is -0.121. The van der Waals surface area contributed by atoms with E-state index in [0.717, 1.165) is 0 Å². The maximum absolute atomic E-state index is 11.7. The molecular weight excluding hydrogens is 356 g/mol. The van der Waals surface area contributed by atoms with Crippen LogP contribution in [0.5, 0.6) is 0 Å². The van der Waals surface area contributed by atoms with Gasteiger partial charge in [-0.25, -0.2) is 0 Å². The van der Waals surface area contributed by atoms with E-state index in [0.29, 0.717) is 39.5 Å². The van der Waals surface area contributed by atoms with Gasteiger partial charge in [-0.1, -0.05) is 0 Å². The van der Waals surface area contributed by atoms with Crippen molar-refractivity contribution >= 4 is 21.8 Å². The number of hydrogen-bond donors (Lipinski definition) is 3. The lowest BCUT2D eigenvalue weighted by Crippen LogP contribution is -2.45. The molecule has 0 heterocycles. The zero-order chi connectivity index (χ0) is 19.1. The van der Waals surface area contributed by atoms with E-state index in [4.69, 9.17) is 18.8 Å². The highest BCUT2D eigenvalue weighted by molar-refractivity contribution is 7.87. The zero-order valence-electron chi connectivity index (χ0n) is 14.7. The minimum absolute atomic E-state index is 0.0790. The van der Waals surface area contributed by atoms with E-state index in [2.05, 4.69) is 10.6 Å². The van der Waals surface area contributed by atoms with E-state index in [-0.39, 0.29) is 25.5 Å². The summed E-state index contributed by atoms with van der Waals surface area (Å²) in [6.07, 6.45) is 0.390. The molecule has 0 aliphatic carbocycles. The van der Waals surface area contributed by atoms with Crippen molar-refractivity contribution in [2.24, 2.45) is 0 Å². The highest BCUT2D eigenvalue weighted by atomic mass is 32.2. The molecule has 0 aliphatic heterocycles. The van der Waals surface area contributed by atoms with Crippen molar-refractivity contribution in [3.05, 3.63) is 0 Å². The van der Waals surface area contributed by atoms with Crippen LogP contribution in [0.25, 0.3) is 0 Å². The molecule has 0 aromatic heterocycles. The lowest BCUT2D eigenvalue weighted by Gasteiger charge is -2.13. The van der Waals surface area contributed by atoms with Gasteiger partial charge in [-0.2, -0.15) is 8.42 Å². The fourth-order valence-corrected chi connectivity index (χ4v) is 2.37. The number of nitrogens with one attached hydrogen (secondary N) is 2. The summed E-state index contributed by atoms with van der Waals surface area (Å²) in [4.78, 5) is 22.3. The Kier molecular flexibility index (Phi) is 13.5. The van der Waals surface area contributed by atoms with E-state index in [1.54, 1.807) is 0 Å². The average molecular weight is 384 g/mol. The van der Waals surface area contributed by atoms with Crippen molar-refractivity contribution in [3.63, 3.8) is 0 Å².